The minimum Gasteiger partial charge on any atom is -0.504 e. The van der Waals surface area contributed by atoms with Crippen LogP contribution in [0.1, 0.15) is 5.56 Å². The van der Waals surface area contributed by atoms with Crippen molar-refractivity contribution in [2.45, 2.75) is 12.7 Å². The number of nitrogens with one attached hydrogen (secondary N) is 1. The summed E-state index contributed by atoms with van der Waals surface area (Å²) in [6.07, 6.45) is 6.26. The number of phenolic OH excluding ortho intramolecular Hbond substituents is 1. The van der Waals surface area contributed by atoms with Gasteiger partial charge in [0.05, 0.1) is 0 Å². The van der Waals surface area contributed by atoms with Gasteiger partial charge >= 0.3 is 0 Å². The lowest BCUT2D eigenvalue weighted by Gasteiger charge is -2.33. The van der Waals surface area contributed by atoms with Crippen LogP contribution in [0.5, 0.6) is 11.5 Å². The zero-order chi connectivity index (χ0) is 14.0. The molecule has 0 aliphatic heterocycles. The zero-order valence-electron chi connectivity index (χ0n) is 10.5. The summed E-state index contributed by atoms with van der Waals surface area (Å²) in [5, 5.41) is 27.7. The summed E-state index contributed by atoms with van der Waals surface area (Å²) in [6, 6.07) is 4.85. The Bertz CT molecular complexity index is 566. The third-order valence-corrected chi connectivity index (χ3v) is 2.92. The van der Waals surface area contributed by atoms with Crippen LogP contribution in [-0.2, 0) is 0 Å². The maximum atomic E-state index is 10.5. The van der Waals surface area contributed by atoms with E-state index >= 15 is 0 Å². The second-order valence-electron chi connectivity index (χ2n) is 4.50. The number of nitrogens with two attached hydrogens (primary N) is 1. The Morgan fingerprint density at radius 3 is 2.79 bits per heavy atom. The number of aryl methyl sites for hydroxylation is 1. The normalized spacial score (nSPS) is 25.3. The molecule has 5 N–H and O–H groups in total. The third kappa shape index (κ3) is 2.61. The van der Waals surface area contributed by atoms with Crippen molar-refractivity contribution < 1.29 is 14.9 Å². The molecule has 0 aromatic heterocycles. The highest BCUT2D eigenvalue weighted by Crippen LogP contribution is 2.34. The number of allylic oxidation sites excluding steroid dienone is 2. The molecule has 0 saturated carbocycles. The van der Waals surface area contributed by atoms with Crippen LogP contribution in [0.25, 0.3) is 0 Å². The van der Waals surface area contributed by atoms with Gasteiger partial charge in [-0.2, -0.15) is 0 Å². The standard InChI is InChI=1S/C14H16N2O3/c1-9-5-6-12(11(17)8-9)19-14(18)7-3-2-4-10(14)13(15)16/h2-8,10,17-18H,1H3,(H3,15,16). The summed E-state index contributed by atoms with van der Waals surface area (Å²) >= 11 is 0. The van der Waals surface area contributed by atoms with E-state index in [-0.39, 0.29) is 17.3 Å². The molecule has 100 valence electrons. The number of benzene rings is 1. The van der Waals surface area contributed by atoms with Gasteiger partial charge in [-0.05, 0) is 30.7 Å². The van der Waals surface area contributed by atoms with Crippen LogP contribution >= 0.6 is 0 Å². The maximum absolute atomic E-state index is 10.5. The van der Waals surface area contributed by atoms with Gasteiger partial charge in [0.25, 0.3) is 0 Å². The van der Waals surface area contributed by atoms with Gasteiger partial charge in [0.15, 0.2) is 11.5 Å². The molecular weight excluding hydrogens is 244 g/mol. The van der Waals surface area contributed by atoms with Gasteiger partial charge in [0.2, 0.25) is 5.79 Å². The zero-order valence-corrected chi connectivity index (χ0v) is 10.5. The van der Waals surface area contributed by atoms with Gasteiger partial charge in [-0.25, -0.2) is 0 Å². The molecule has 1 aliphatic carbocycles. The van der Waals surface area contributed by atoms with E-state index in [1.165, 1.54) is 12.1 Å². The summed E-state index contributed by atoms with van der Waals surface area (Å²) in [4.78, 5) is 0. The number of aromatic hydroxyl groups is 1. The molecule has 2 atom stereocenters. The van der Waals surface area contributed by atoms with Gasteiger partial charge in [0.1, 0.15) is 11.8 Å². The van der Waals surface area contributed by atoms with Crippen LogP contribution in [0, 0.1) is 18.3 Å². The molecule has 0 spiro atoms. The van der Waals surface area contributed by atoms with Crippen molar-refractivity contribution in [2.75, 3.05) is 0 Å². The Morgan fingerprint density at radius 1 is 1.42 bits per heavy atom. The average Bonchev–Trinajstić information content (AvgIpc) is 2.33. The first-order valence-electron chi connectivity index (χ1n) is 5.83. The highest BCUT2D eigenvalue weighted by atomic mass is 16.6. The molecule has 0 saturated heterocycles. The van der Waals surface area contributed by atoms with Crippen molar-refractivity contribution in [2.24, 2.45) is 11.7 Å². The minimum atomic E-state index is -1.77. The molecule has 0 amide bonds. The van der Waals surface area contributed by atoms with Gasteiger partial charge in [0, 0.05) is 0 Å². The monoisotopic (exact) mass is 260 g/mol. The maximum Gasteiger partial charge on any atom is 0.241 e. The molecule has 5 nitrogen and oxygen atoms in total. The Kier molecular flexibility index (Phi) is 3.31. The molecular formula is C14H16N2O3. The number of hydrogen-bond acceptors (Lipinski definition) is 4. The summed E-state index contributed by atoms with van der Waals surface area (Å²) in [6.45, 7) is 1.83. The lowest BCUT2D eigenvalue weighted by atomic mass is 9.92. The minimum absolute atomic E-state index is 0.0707. The lowest BCUT2D eigenvalue weighted by molar-refractivity contribution is -0.111. The molecule has 2 rings (SSSR count). The molecule has 19 heavy (non-hydrogen) atoms. The van der Waals surface area contributed by atoms with E-state index < -0.39 is 11.7 Å². The third-order valence-electron chi connectivity index (χ3n) is 2.92. The van der Waals surface area contributed by atoms with Gasteiger partial charge in [-0.1, -0.05) is 24.3 Å². The molecule has 0 heterocycles. The van der Waals surface area contributed by atoms with Crippen LogP contribution < -0.4 is 10.5 Å². The smallest absolute Gasteiger partial charge is 0.241 e. The highest BCUT2D eigenvalue weighted by molar-refractivity contribution is 5.83. The van der Waals surface area contributed by atoms with E-state index in [1.54, 1.807) is 30.4 Å². The number of ether oxygens (including phenoxy) is 1. The predicted molar refractivity (Wildman–Crippen MR) is 72.1 cm³/mol. The van der Waals surface area contributed by atoms with Crippen molar-refractivity contribution in [3.63, 3.8) is 0 Å². The largest absolute Gasteiger partial charge is 0.504 e. The van der Waals surface area contributed by atoms with Crippen LogP contribution in [-0.4, -0.2) is 21.8 Å². The van der Waals surface area contributed by atoms with E-state index in [4.69, 9.17) is 15.9 Å². The van der Waals surface area contributed by atoms with Crippen LogP contribution in [0.15, 0.2) is 42.5 Å². The fourth-order valence-electron chi connectivity index (χ4n) is 1.92. The highest BCUT2D eigenvalue weighted by Gasteiger charge is 2.39. The second-order valence-corrected chi connectivity index (χ2v) is 4.50. The van der Waals surface area contributed by atoms with E-state index in [1.807, 2.05) is 6.92 Å². The molecule has 1 aromatic rings. The Morgan fingerprint density at radius 2 is 2.16 bits per heavy atom. The predicted octanol–water partition coefficient (Wildman–Crippen LogP) is 1.45. The van der Waals surface area contributed by atoms with Crippen molar-refractivity contribution in [3.05, 3.63) is 48.1 Å². The summed E-state index contributed by atoms with van der Waals surface area (Å²) in [5.41, 5.74) is 6.33. The molecule has 2 unspecified atom stereocenters. The van der Waals surface area contributed by atoms with E-state index in [9.17, 15) is 10.2 Å². The van der Waals surface area contributed by atoms with Gasteiger partial charge < -0.3 is 20.7 Å². The van der Waals surface area contributed by atoms with Gasteiger partial charge in [-0.3, -0.25) is 5.41 Å². The van der Waals surface area contributed by atoms with Crippen LogP contribution in [0.3, 0.4) is 0 Å². The molecule has 1 aliphatic rings. The Labute approximate surface area is 111 Å². The quantitative estimate of drug-likeness (QED) is 0.375. The Balaban J connectivity index is 2.32. The van der Waals surface area contributed by atoms with Crippen molar-refractivity contribution in [3.8, 4) is 11.5 Å². The first-order valence-corrected chi connectivity index (χ1v) is 5.83. The van der Waals surface area contributed by atoms with E-state index in [0.29, 0.717) is 0 Å². The van der Waals surface area contributed by atoms with Crippen molar-refractivity contribution in [1.82, 2.24) is 0 Å². The summed E-state index contributed by atoms with van der Waals surface area (Å²) in [5.74, 6) is -2.71. The molecule has 0 radical (unpaired) electrons. The first-order chi connectivity index (χ1) is 8.92. The molecule has 0 bridgehead atoms. The number of rotatable bonds is 3. The van der Waals surface area contributed by atoms with Gasteiger partial charge in [-0.15, -0.1) is 0 Å². The molecule has 1 aromatic carbocycles. The lowest BCUT2D eigenvalue weighted by Crippen LogP contribution is -2.47. The molecule has 0 fully saturated rings. The van der Waals surface area contributed by atoms with Crippen LogP contribution in [0.4, 0.5) is 0 Å². The second kappa shape index (κ2) is 4.78. The SMILES string of the molecule is Cc1ccc(OC2(O)C=CC=CC2C(=N)N)c(O)c1. The van der Waals surface area contributed by atoms with E-state index in [0.717, 1.165) is 5.56 Å². The summed E-state index contributed by atoms with van der Waals surface area (Å²) in [7, 11) is 0. The topological polar surface area (TPSA) is 99.6 Å². The fraction of sp³-hybridized carbons (Fsp3) is 0.214. The number of amidine groups is 1. The Hall–Kier alpha value is -2.27. The van der Waals surface area contributed by atoms with Crippen molar-refractivity contribution in [1.29, 1.82) is 5.41 Å². The molecule has 5 heteroatoms. The number of aliphatic hydroxyl groups is 1. The van der Waals surface area contributed by atoms with E-state index in [2.05, 4.69) is 0 Å². The fourth-order valence-corrected chi connectivity index (χ4v) is 1.92. The first kappa shape index (κ1) is 13.2. The summed E-state index contributed by atoms with van der Waals surface area (Å²) < 4.78 is 5.45. The average molecular weight is 260 g/mol. The van der Waals surface area contributed by atoms with Crippen molar-refractivity contribution >= 4 is 5.84 Å². The number of phenols is 1. The van der Waals surface area contributed by atoms with Crippen LogP contribution in [0.2, 0.25) is 0 Å². The number of hydrogen-bond donors (Lipinski definition) is 4.